The van der Waals surface area contributed by atoms with Crippen LogP contribution in [-0.2, 0) is 31.2 Å². The van der Waals surface area contributed by atoms with E-state index in [1.807, 2.05) is 18.7 Å². The fourth-order valence-electron chi connectivity index (χ4n) is 3.07. The van der Waals surface area contributed by atoms with Gasteiger partial charge in [-0.2, -0.15) is 5.10 Å². The van der Waals surface area contributed by atoms with E-state index in [2.05, 4.69) is 29.6 Å². The molecule has 1 aromatic heterocycles. The van der Waals surface area contributed by atoms with Crippen molar-refractivity contribution in [2.75, 3.05) is 13.2 Å². The highest BCUT2D eigenvalue weighted by molar-refractivity contribution is 5.74. The molecule has 0 unspecified atom stereocenters. The van der Waals surface area contributed by atoms with Crippen LogP contribution in [0.5, 0.6) is 0 Å². The molecule has 124 valence electrons. The number of nitrogens with zero attached hydrogens (tertiary/aromatic N) is 2. The maximum absolute atomic E-state index is 12.0. The van der Waals surface area contributed by atoms with E-state index in [-0.39, 0.29) is 11.6 Å². The Morgan fingerprint density at radius 3 is 2.73 bits per heavy atom. The summed E-state index contributed by atoms with van der Waals surface area (Å²) < 4.78 is 7.59. The second-order valence-corrected chi connectivity index (χ2v) is 6.14. The Morgan fingerprint density at radius 1 is 1.36 bits per heavy atom. The third-order valence-corrected chi connectivity index (χ3v) is 4.38. The van der Waals surface area contributed by atoms with Crippen molar-refractivity contribution in [1.29, 1.82) is 0 Å². The zero-order chi connectivity index (χ0) is 16.2. The Bertz CT molecular complexity index is 518. The molecule has 0 saturated carbocycles. The number of aromatic nitrogens is 2. The third-order valence-electron chi connectivity index (χ3n) is 4.38. The van der Waals surface area contributed by atoms with Crippen molar-refractivity contribution in [3.05, 3.63) is 17.0 Å². The summed E-state index contributed by atoms with van der Waals surface area (Å²) in [4.78, 5) is 12.0. The highest BCUT2D eigenvalue weighted by Crippen LogP contribution is 2.23. The van der Waals surface area contributed by atoms with Crippen LogP contribution in [0.1, 0.15) is 50.6 Å². The summed E-state index contributed by atoms with van der Waals surface area (Å²) in [6, 6.07) is -0.148. The van der Waals surface area contributed by atoms with Gasteiger partial charge in [0, 0.05) is 38.0 Å². The summed E-state index contributed by atoms with van der Waals surface area (Å²) in [5.74, 6) is 0. The van der Waals surface area contributed by atoms with Crippen molar-refractivity contribution in [1.82, 2.24) is 20.4 Å². The molecule has 1 atom stereocenters. The Hall–Kier alpha value is -1.56. The molecule has 2 N–H and O–H groups in total. The second-order valence-electron chi connectivity index (χ2n) is 6.14. The number of hydrogen-bond acceptors (Lipinski definition) is 3. The minimum atomic E-state index is -0.213. The molecule has 22 heavy (non-hydrogen) atoms. The van der Waals surface area contributed by atoms with E-state index < -0.39 is 0 Å². The lowest BCUT2D eigenvalue weighted by Crippen LogP contribution is -2.44. The Balaban J connectivity index is 1.88. The number of aryl methyl sites for hydroxylation is 2. The summed E-state index contributed by atoms with van der Waals surface area (Å²) in [6.45, 7) is 8.10. The van der Waals surface area contributed by atoms with Crippen LogP contribution in [0.3, 0.4) is 0 Å². The van der Waals surface area contributed by atoms with Gasteiger partial charge in [-0.05, 0) is 32.6 Å². The van der Waals surface area contributed by atoms with Crippen LogP contribution in [0.15, 0.2) is 0 Å². The minimum absolute atomic E-state index is 0.148. The van der Waals surface area contributed by atoms with Crippen LogP contribution in [-0.4, -0.2) is 34.6 Å². The Kier molecular flexibility index (Phi) is 5.45. The second kappa shape index (κ2) is 7.13. The molecule has 1 aliphatic rings. The lowest BCUT2D eigenvalue weighted by atomic mass is 10.0. The number of rotatable bonds is 6. The van der Waals surface area contributed by atoms with Gasteiger partial charge in [0.05, 0.1) is 11.3 Å². The summed E-state index contributed by atoms with van der Waals surface area (Å²) in [6.07, 6.45) is 3.84. The van der Waals surface area contributed by atoms with E-state index in [0.29, 0.717) is 13.1 Å². The lowest BCUT2D eigenvalue weighted by Gasteiger charge is -2.23. The predicted molar refractivity (Wildman–Crippen MR) is 85.8 cm³/mol. The first-order chi connectivity index (χ1) is 10.5. The number of carbonyl (C=O) groups is 1. The van der Waals surface area contributed by atoms with Gasteiger partial charge >= 0.3 is 6.03 Å². The van der Waals surface area contributed by atoms with Crippen LogP contribution in [0.2, 0.25) is 0 Å². The summed E-state index contributed by atoms with van der Waals surface area (Å²) in [5.41, 5.74) is 3.18. The third kappa shape index (κ3) is 3.80. The van der Waals surface area contributed by atoms with Crippen molar-refractivity contribution in [2.45, 2.75) is 58.6 Å². The van der Waals surface area contributed by atoms with E-state index >= 15 is 0 Å². The van der Waals surface area contributed by atoms with E-state index in [0.717, 1.165) is 43.5 Å². The van der Waals surface area contributed by atoms with E-state index in [4.69, 9.17) is 4.74 Å². The molecule has 0 aromatic carbocycles. The molecule has 2 rings (SSSR count). The van der Waals surface area contributed by atoms with Gasteiger partial charge in [0.25, 0.3) is 0 Å². The van der Waals surface area contributed by atoms with E-state index in [1.54, 1.807) is 0 Å². The van der Waals surface area contributed by atoms with Crippen LogP contribution in [0, 0.1) is 0 Å². The quantitative estimate of drug-likeness (QED) is 0.843. The van der Waals surface area contributed by atoms with Crippen molar-refractivity contribution in [3.8, 4) is 0 Å². The first-order valence-electron chi connectivity index (χ1n) is 8.18. The first-order valence-corrected chi connectivity index (χ1v) is 8.18. The van der Waals surface area contributed by atoms with E-state index in [9.17, 15) is 4.79 Å². The average Bonchev–Trinajstić information content (AvgIpc) is 3.06. The van der Waals surface area contributed by atoms with Crippen molar-refractivity contribution >= 4 is 6.03 Å². The molecule has 2 heterocycles. The first kappa shape index (κ1) is 16.8. The van der Waals surface area contributed by atoms with Crippen LogP contribution >= 0.6 is 0 Å². The van der Waals surface area contributed by atoms with Gasteiger partial charge in [0.2, 0.25) is 0 Å². The largest absolute Gasteiger partial charge is 0.373 e. The van der Waals surface area contributed by atoms with Crippen LogP contribution < -0.4 is 10.6 Å². The molecular weight excluding hydrogens is 280 g/mol. The molecule has 0 radical (unpaired) electrons. The minimum Gasteiger partial charge on any atom is -0.373 e. The molecule has 0 spiro atoms. The zero-order valence-electron chi connectivity index (χ0n) is 14.2. The molecular formula is C16H28N4O2. The molecule has 6 nitrogen and oxygen atoms in total. The fourth-order valence-corrected chi connectivity index (χ4v) is 3.07. The van der Waals surface area contributed by atoms with Gasteiger partial charge < -0.3 is 15.4 Å². The number of amides is 2. The van der Waals surface area contributed by atoms with Gasteiger partial charge in [-0.15, -0.1) is 0 Å². The van der Waals surface area contributed by atoms with E-state index in [1.165, 1.54) is 5.69 Å². The topological polar surface area (TPSA) is 68.2 Å². The molecule has 0 aliphatic carbocycles. The van der Waals surface area contributed by atoms with Crippen LogP contribution in [0.25, 0.3) is 0 Å². The Labute approximate surface area is 132 Å². The number of ether oxygens (including phenoxy) is 1. The smallest absolute Gasteiger partial charge is 0.315 e. The van der Waals surface area contributed by atoms with Gasteiger partial charge in [-0.25, -0.2) is 4.79 Å². The van der Waals surface area contributed by atoms with Crippen molar-refractivity contribution < 1.29 is 9.53 Å². The highest BCUT2D eigenvalue weighted by atomic mass is 16.5. The molecule has 6 heteroatoms. The molecule has 1 saturated heterocycles. The predicted octanol–water partition coefficient (Wildman–Crippen LogP) is 1.91. The van der Waals surface area contributed by atoms with Gasteiger partial charge in [0.1, 0.15) is 0 Å². The lowest BCUT2D eigenvalue weighted by molar-refractivity contribution is 0.0229. The maximum atomic E-state index is 12.0. The standard InChI is InChI=1S/C16H28N4O2/c1-5-13-12(14(6-2)20(4)19-13)10-17-15(21)18-11-16(3)8-7-9-22-16/h5-11H2,1-4H3,(H2,17,18,21)/t16-/m1/s1. The SMILES string of the molecule is CCc1nn(C)c(CC)c1CNC(=O)NC[C@@]1(C)CCCO1. The average molecular weight is 308 g/mol. The normalized spacial score (nSPS) is 21.1. The fraction of sp³-hybridized carbons (Fsp3) is 0.750. The molecule has 1 aliphatic heterocycles. The monoisotopic (exact) mass is 308 g/mol. The Morgan fingerprint density at radius 2 is 2.14 bits per heavy atom. The summed E-state index contributed by atoms with van der Waals surface area (Å²) in [5, 5.41) is 10.4. The molecule has 1 fully saturated rings. The van der Waals surface area contributed by atoms with Gasteiger partial charge in [-0.3, -0.25) is 4.68 Å². The van der Waals surface area contributed by atoms with Crippen molar-refractivity contribution in [3.63, 3.8) is 0 Å². The van der Waals surface area contributed by atoms with Crippen molar-refractivity contribution in [2.24, 2.45) is 7.05 Å². The maximum Gasteiger partial charge on any atom is 0.315 e. The summed E-state index contributed by atoms with van der Waals surface area (Å²) in [7, 11) is 1.96. The molecule has 0 bridgehead atoms. The van der Waals surface area contributed by atoms with Gasteiger partial charge in [0.15, 0.2) is 0 Å². The zero-order valence-corrected chi connectivity index (χ0v) is 14.2. The molecule has 1 aromatic rings. The summed E-state index contributed by atoms with van der Waals surface area (Å²) >= 11 is 0. The number of nitrogens with one attached hydrogen (secondary N) is 2. The number of carbonyl (C=O) groups excluding carboxylic acids is 1. The number of hydrogen-bond donors (Lipinski definition) is 2. The van der Waals surface area contributed by atoms with Crippen LogP contribution in [0.4, 0.5) is 4.79 Å². The van der Waals surface area contributed by atoms with Gasteiger partial charge in [-0.1, -0.05) is 13.8 Å². The molecule has 2 amide bonds. The highest BCUT2D eigenvalue weighted by Gasteiger charge is 2.30. The number of urea groups is 1.